The highest BCUT2D eigenvalue weighted by Gasteiger charge is 2.34. The molecular weight excluding hydrogens is 266 g/mol. The minimum atomic E-state index is -0.149. The van der Waals surface area contributed by atoms with Crippen molar-refractivity contribution in [1.82, 2.24) is 15.1 Å². The first-order chi connectivity index (χ1) is 10.2. The van der Waals surface area contributed by atoms with Crippen molar-refractivity contribution >= 4 is 11.8 Å². The maximum absolute atomic E-state index is 12.2. The highest BCUT2D eigenvalue weighted by atomic mass is 16.2. The molecular formula is C16H21N3O2. The Morgan fingerprint density at radius 3 is 2.29 bits per heavy atom. The topological polar surface area (TPSA) is 52.7 Å². The van der Waals surface area contributed by atoms with Crippen molar-refractivity contribution in [2.24, 2.45) is 0 Å². The summed E-state index contributed by atoms with van der Waals surface area (Å²) in [6.07, 6.45) is 0.829. The van der Waals surface area contributed by atoms with Gasteiger partial charge in [0.05, 0.1) is 11.1 Å². The Hall–Kier alpha value is -1.72. The summed E-state index contributed by atoms with van der Waals surface area (Å²) in [5, 5.41) is 3.27. The van der Waals surface area contributed by atoms with E-state index in [9.17, 15) is 9.59 Å². The van der Waals surface area contributed by atoms with Crippen LogP contribution >= 0.6 is 0 Å². The summed E-state index contributed by atoms with van der Waals surface area (Å²) in [5.74, 6) is -0.298. The number of imide groups is 1. The summed E-state index contributed by atoms with van der Waals surface area (Å²) < 4.78 is 0. The number of nitrogens with zero attached hydrogens (tertiary/aromatic N) is 2. The molecule has 1 N–H and O–H groups in total. The van der Waals surface area contributed by atoms with Gasteiger partial charge in [-0.3, -0.25) is 19.4 Å². The lowest BCUT2D eigenvalue weighted by Gasteiger charge is -2.37. The van der Waals surface area contributed by atoms with E-state index in [1.807, 2.05) is 0 Å². The number of nitrogens with one attached hydrogen (secondary N) is 1. The Kier molecular flexibility index (Phi) is 4.03. The normalized spacial score (nSPS) is 18.3. The minimum absolute atomic E-state index is 0.149. The van der Waals surface area contributed by atoms with E-state index in [4.69, 9.17) is 0 Å². The molecule has 0 spiro atoms. The molecule has 0 bridgehead atoms. The van der Waals surface area contributed by atoms with Gasteiger partial charge in [0.15, 0.2) is 0 Å². The molecule has 0 unspecified atom stereocenters. The minimum Gasteiger partial charge on any atom is -0.314 e. The summed E-state index contributed by atoms with van der Waals surface area (Å²) in [7, 11) is 0. The fourth-order valence-corrected chi connectivity index (χ4v) is 3.00. The van der Waals surface area contributed by atoms with Gasteiger partial charge < -0.3 is 5.32 Å². The summed E-state index contributed by atoms with van der Waals surface area (Å²) in [6, 6.07) is 7.67. The molecule has 1 saturated heterocycles. The van der Waals surface area contributed by atoms with Gasteiger partial charge in [-0.1, -0.05) is 19.1 Å². The monoisotopic (exact) mass is 287 g/mol. The molecule has 1 aromatic carbocycles. The Bertz CT molecular complexity index is 519. The van der Waals surface area contributed by atoms with Gasteiger partial charge in [-0.05, 0) is 25.1 Å². The first-order valence-corrected chi connectivity index (χ1v) is 7.62. The van der Waals surface area contributed by atoms with E-state index in [1.165, 1.54) is 4.90 Å². The van der Waals surface area contributed by atoms with Gasteiger partial charge in [0.25, 0.3) is 11.8 Å². The van der Waals surface area contributed by atoms with Crippen LogP contribution in [-0.4, -0.2) is 60.4 Å². The molecule has 0 aliphatic carbocycles. The van der Waals surface area contributed by atoms with E-state index < -0.39 is 0 Å². The van der Waals surface area contributed by atoms with E-state index in [2.05, 4.69) is 17.1 Å². The Balaban J connectivity index is 1.57. The number of fused-ring (bicyclic) bond motifs is 1. The van der Waals surface area contributed by atoms with Gasteiger partial charge in [-0.15, -0.1) is 0 Å². The lowest BCUT2D eigenvalue weighted by Crippen LogP contribution is -2.57. The summed E-state index contributed by atoms with van der Waals surface area (Å²) in [6.45, 7) is 6.68. The highest BCUT2D eigenvalue weighted by Crippen LogP contribution is 2.22. The van der Waals surface area contributed by atoms with Gasteiger partial charge in [-0.2, -0.15) is 0 Å². The molecule has 2 aliphatic rings. The fraction of sp³-hybridized carbons (Fsp3) is 0.500. The van der Waals surface area contributed by atoms with Crippen LogP contribution < -0.4 is 5.32 Å². The van der Waals surface area contributed by atoms with Crippen molar-refractivity contribution in [3.63, 3.8) is 0 Å². The molecule has 2 heterocycles. The van der Waals surface area contributed by atoms with Crippen molar-refractivity contribution in [3.05, 3.63) is 35.4 Å². The lowest BCUT2D eigenvalue weighted by molar-refractivity contribution is 0.0640. The molecule has 2 aliphatic heterocycles. The summed E-state index contributed by atoms with van der Waals surface area (Å²) in [4.78, 5) is 28.3. The maximum Gasteiger partial charge on any atom is 0.261 e. The highest BCUT2D eigenvalue weighted by molar-refractivity contribution is 6.21. The first kappa shape index (κ1) is 14.2. The zero-order valence-electron chi connectivity index (χ0n) is 12.3. The fourth-order valence-electron chi connectivity index (χ4n) is 3.00. The van der Waals surface area contributed by atoms with Crippen molar-refractivity contribution in [2.45, 2.75) is 19.4 Å². The second-order valence-corrected chi connectivity index (χ2v) is 5.60. The van der Waals surface area contributed by atoms with Crippen LogP contribution in [0, 0.1) is 0 Å². The second kappa shape index (κ2) is 5.95. The average Bonchev–Trinajstić information content (AvgIpc) is 2.69. The van der Waals surface area contributed by atoms with Crippen LogP contribution in [0.1, 0.15) is 34.1 Å². The Morgan fingerprint density at radius 1 is 1.19 bits per heavy atom. The Morgan fingerprint density at radius 2 is 1.81 bits per heavy atom. The van der Waals surface area contributed by atoms with Gasteiger partial charge >= 0.3 is 0 Å². The van der Waals surface area contributed by atoms with Crippen molar-refractivity contribution < 1.29 is 9.59 Å². The molecule has 0 aromatic heterocycles. The molecule has 0 atom stereocenters. The van der Waals surface area contributed by atoms with E-state index in [-0.39, 0.29) is 11.8 Å². The lowest BCUT2D eigenvalue weighted by atomic mass is 10.1. The quantitative estimate of drug-likeness (QED) is 0.792. The number of carbonyl (C=O) groups excluding carboxylic acids is 2. The number of likely N-dealkylation sites (N-methyl/N-ethyl adjacent to an activating group) is 1. The molecule has 1 aromatic rings. The molecule has 3 rings (SSSR count). The standard InChI is InChI=1S/C16H21N3O2/c1-2-18(12-10-17-11-12)8-5-9-19-15(20)13-6-3-4-7-14(13)16(19)21/h3-4,6-7,12,17H,2,5,8-11H2,1H3. The number of rotatable bonds is 6. The van der Waals surface area contributed by atoms with E-state index in [1.54, 1.807) is 24.3 Å². The number of amides is 2. The van der Waals surface area contributed by atoms with Crippen molar-refractivity contribution in [3.8, 4) is 0 Å². The van der Waals surface area contributed by atoms with E-state index in [0.717, 1.165) is 32.6 Å². The first-order valence-electron chi connectivity index (χ1n) is 7.62. The molecule has 0 saturated carbocycles. The smallest absolute Gasteiger partial charge is 0.261 e. The van der Waals surface area contributed by atoms with Gasteiger partial charge in [0.1, 0.15) is 0 Å². The number of hydrogen-bond donors (Lipinski definition) is 1. The second-order valence-electron chi connectivity index (χ2n) is 5.60. The zero-order chi connectivity index (χ0) is 14.8. The third-order valence-electron chi connectivity index (χ3n) is 4.39. The molecule has 21 heavy (non-hydrogen) atoms. The Labute approximate surface area is 124 Å². The van der Waals surface area contributed by atoms with Crippen LogP contribution in [0.15, 0.2) is 24.3 Å². The maximum atomic E-state index is 12.2. The molecule has 0 radical (unpaired) electrons. The predicted molar refractivity (Wildman–Crippen MR) is 80.3 cm³/mol. The molecule has 5 heteroatoms. The third-order valence-corrected chi connectivity index (χ3v) is 4.39. The van der Waals surface area contributed by atoms with Gasteiger partial charge in [0.2, 0.25) is 0 Å². The van der Waals surface area contributed by atoms with Crippen molar-refractivity contribution in [1.29, 1.82) is 0 Å². The van der Waals surface area contributed by atoms with Gasteiger partial charge in [0, 0.05) is 32.2 Å². The summed E-state index contributed by atoms with van der Waals surface area (Å²) >= 11 is 0. The van der Waals surface area contributed by atoms with Crippen LogP contribution in [0.2, 0.25) is 0 Å². The van der Waals surface area contributed by atoms with Crippen molar-refractivity contribution in [2.75, 3.05) is 32.7 Å². The number of carbonyl (C=O) groups is 2. The average molecular weight is 287 g/mol. The van der Waals surface area contributed by atoms with E-state index in [0.29, 0.717) is 23.7 Å². The van der Waals surface area contributed by atoms with Crippen LogP contribution in [0.4, 0.5) is 0 Å². The van der Waals surface area contributed by atoms with E-state index >= 15 is 0 Å². The van der Waals surface area contributed by atoms with Crippen LogP contribution in [0.5, 0.6) is 0 Å². The molecule has 1 fully saturated rings. The number of benzene rings is 1. The molecule has 112 valence electrons. The number of hydrogen-bond acceptors (Lipinski definition) is 4. The predicted octanol–water partition coefficient (Wildman–Crippen LogP) is 0.966. The molecule has 5 nitrogen and oxygen atoms in total. The van der Waals surface area contributed by atoms with Crippen LogP contribution in [0.25, 0.3) is 0 Å². The van der Waals surface area contributed by atoms with Gasteiger partial charge in [-0.25, -0.2) is 0 Å². The molecule has 2 amide bonds. The SMILES string of the molecule is CCN(CCCN1C(=O)c2ccccc2C1=O)C1CNC1. The summed E-state index contributed by atoms with van der Waals surface area (Å²) in [5.41, 5.74) is 1.08. The van der Waals surface area contributed by atoms with Crippen LogP contribution in [0.3, 0.4) is 0 Å². The largest absolute Gasteiger partial charge is 0.314 e. The zero-order valence-corrected chi connectivity index (χ0v) is 12.3. The third kappa shape index (κ3) is 2.59. The van der Waals surface area contributed by atoms with Crippen LogP contribution in [-0.2, 0) is 0 Å².